The van der Waals surface area contributed by atoms with Crippen molar-refractivity contribution in [1.82, 2.24) is 5.32 Å². The van der Waals surface area contributed by atoms with Crippen LogP contribution in [-0.4, -0.2) is 22.7 Å². The number of carbonyl (C=O) groups excluding carboxylic acids is 1. The zero-order valence-corrected chi connectivity index (χ0v) is 10.3. The molecule has 15 heavy (non-hydrogen) atoms. The SMILES string of the molecule is CC(C)(C)C(=O)N[C@@H]1CCC[C@@](C)(O)C1. The summed E-state index contributed by atoms with van der Waals surface area (Å²) in [5, 5.41) is 12.9. The first-order valence-corrected chi connectivity index (χ1v) is 5.74. The number of amides is 1. The summed E-state index contributed by atoms with van der Waals surface area (Å²) in [5.41, 5.74) is -0.947. The lowest BCUT2D eigenvalue weighted by Gasteiger charge is -2.35. The third kappa shape index (κ3) is 3.82. The van der Waals surface area contributed by atoms with Crippen LogP contribution in [0.15, 0.2) is 0 Å². The summed E-state index contributed by atoms with van der Waals surface area (Å²) in [6.07, 6.45) is 3.49. The van der Waals surface area contributed by atoms with Crippen LogP contribution < -0.4 is 5.32 Å². The zero-order valence-electron chi connectivity index (χ0n) is 10.3. The summed E-state index contributed by atoms with van der Waals surface area (Å²) in [5.74, 6) is 0.0743. The van der Waals surface area contributed by atoms with Gasteiger partial charge in [-0.05, 0) is 32.6 Å². The maximum absolute atomic E-state index is 11.8. The second kappa shape index (κ2) is 4.12. The largest absolute Gasteiger partial charge is 0.390 e. The van der Waals surface area contributed by atoms with Gasteiger partial charge in [0, 0.05) is 11.5 Å². The number of aliphatic hydroxyl groups is 1. The normalized spacial score (nSPS) is 32.5. The number of nitrogens with one attached hydrogen (secondary N) is 1. The number of carbonyl (C=O) groups is 1. The third-order valence-corrected chi connectivity index (χ3v) is 2.97. The van der Waals surface area contributed by atoms with Crippen LogP contribution in [-0.2, 0) is 4.79 Å². The lowest BCUT2D eigenvalue weighted by atomic mass is 9.82. The molecule has 0 aromatic carbocycles. The van der Waals surface area contributed by atoms with E-state index in [1.165, 1.54) is 0 Å². The van der Waals surface area contributed by atoms with Gasteiger partial charge < -0.3 is 10.4 Å². The Morgan fingerprint density at radius 2 is 2.07 bits per heavy atom. The second-order valence-corrected chi connectivity index (χ2v) is 6.01. The van der Waals surface area contributed by atoms with Crippen LogP contribution in [0.5, 0.6) is 0 Å². The molecule has 88 valence electrons. The maximum Gasteiger partial charge on any atom is 0.225 e. The van der Waals surface area contributed by atoms with Crippen molar-refractivity contribution in [2.75, 3.05) is 0 Å². The zero-order chi connectivity index (χ0) is 11.7. The predicted molar refractivity (Wildman–Crippen MR) is 60.5 cm³/mol. The highest BCUT2D eigenvalue weighted by molar-refractivity contribution is 5.81. The van der Waals surface area contributed by atoms with Gasteiger partial charge in [0.05, 0.1) is 5.60 Å². The van der Waals surface area contributed by atoms with Crippen LogP contribution in [0.3, 0.4) is 0 Å². The molecule has 3 nitrogen and oxygen atoms in total. The van der Waals surface area contributed by atoms with Crippen molar-refractivity contribution in [3.05, 3.63) is 0 Å². The first-order valence-electron chi connectivity index (χ1n) is 5.74. The van der Waals surface area contributed by atoms with Crippen LogP contribution in [0.4, 0.5) is 0 Å². The predicted octanol–water partition coefficient (Wildman–Crippen LogP) is 1.84. The van der Waals surface area contributed by atoms with Gasteiger partial charge in [0.25, 0.3) is 0 Å². The molecule has 0 aromatic heterocycles. The molecule has 0 aromatic rings. The Bertz CT molecular complexity index is 240. The van der Waals surface area contributed by atoms with Crippen LogP contribution in [0, 0.1) is 5.41 Å². The van der Waals surface area contributed by atoms with Gasteiger partial charge in [-0.15, -0.1) is 0 Å². The van der Waals surface area contributed by atoms with Gasteiger partial charge in [0.2, 0.25) is 5.91 Å². The van der Waals surface area contributed by atoms with Crippen molar-refractivity contribution in [3.63, 3.8) is 0 Å². The Kier molecular flexibility index (Phi) is 3.44. The fourth-order valence-electron chi connectivity index (χ4n) is 1.99. The first-order chi connectivity index (χ1) is 6.71. The topological polar surface area (TPSA) is 49.3 Å². The molecule has 2 N–H and O–H groups in total. The van der Waals surface area contributed by atoms with Crippen LogP contribution in [0.1, 0.15) is 53.4 Å². The lowest BCUT2D eigenvalue weighted by molar-refractivity contribution is -0.130. The molecule has 0 saturated heterocycles. The van der Waals surface area contributed by atoms with E-state index in [9.17, 15) is 9.90 Å². The summed E-state index contributed by atoms with van der Waals surface area (Å²) in [6, 6.07) is 0.139. The monoisotopic (exact) mass is 213 g/mol. The number of hydrogen-bond acceptors (Lipinski definition) is 2. The maximum atomic E-state index is 11.8. The summed E-state index contributed by atoms with van der Waals surface area (Å²) in [7, 11) is 0. The Labute approximate surface area is 92.3 Å². The minimum Gasteiger partial charge on any atom is -0.390 e. The molecule has 1 aliphatic carbocycles. The van der Waals surface area contributed by atoms with Gasteiger partial charge >= 0.3 is 0 Å². The molecule has 0 aliphatic heterocycles. The van der Waals surface area contributed by atoms with Crippen molar-refractivity contribution in [2.45, 2.75) is 65.0 Å². The fraction of sp³-hybridized carbons (Fsp3) is 0.917. The molecule has 0 unspecified atom stereocenters. The highest BCUT2D eigenvalue weighted by Gasteiger charge is 2.32. The Balaban J connectivity index is 2.49. The molecule has 0 spiro atoms. The summed E-state index contributed by atoms with van der Waals surface area (Å²) >= 11 is 0. The van der Waals surface area contributed by atoms with Crippen molar-refractivity contribution < 1.29 is 9.90 Å². The third-order valence-electron chi connectivity index (χ3n) is 2.97. The van der Waals surface area contributed by atoms with Crippen LogP contribution in [0.2, 0.25) is 0 Å². The molecular formula is C12H23NO2. The molecule has 0 radical (unpaired) electrons. The lowest BCUT2D eigenvalue weighted by Crippen LogP contribution is -2.47. The highest BCUT2D eigenvalue weighted by atomic mass is 16.3. The number of rotatable bonds is 1. The van der Waals surface area contributed by atoms with Gasteiger partial charge in [-0.2, -0.15) is 0 Å². The fourth-order valence-corrected chi connectivity index (χ4v) is 1.99. The van der Waals surface area contributed by atoms with Gasteiger partial charge in [0.1, 0.15) is 0 Å². The van der Waals surface area contributed by atoms with E-state index in [0.717, 1.165) is 19.3 Å². The minimum absolute atomic E-state index is 0.0743. The Hall–Kier alpha value is -0.570. The number of hydrogen-bond donors (Lipinski definition) is 2. The van der Waals surface area contributed by atoms with E-state index in [0.29, 0.717) is 6.42 Å². The van der Waals surface area contributed by atoms with Crippen molar-refractivity contribution in [3.8, 4) is 0 Å². The van der Waals surface area contributed by atoms with Gasteiger partial charge in [0.15, 0.2) is 0 Å². The van der Waals surface area contributed by atoms with E-state index in [2.05, 4.69) is 5.32 Å². The van der Waals surface area contributed by atoms with Crippen molar-refractivity contribution in [2.24, 2.45) is 5.41 Å². The van der Waals surface area contributed by atoms with Crippen LogP contribution >= 0.6 is 0 Å². The molecule has 1 aliphatic rings. The molecule has 2 atom stereocenters. The molecule has 1 amide bonds. The summed E-state index contributed by atoms with van der Waals surface area (Å²) < 4.78 is 0. The smallest absolute Gasteiger partial charge is 0.225 e. The molecule has 1 fully saturated rings. The molecule has 1 rings (SSSR count). The van der Waals surface area contributed by atoms with Gasteiger partial charge in [-0.25, -0.2) is 0 Å². The van der Waals surface area contributed by atoms with E-state index in [1.807, 2.05) is 27.7 Å². The molecule has 1 saturated carbocycles. The molecular weight excluding hydrogens is 190 g/mol. The van der Waals surface area contributed by atoms with Gasteiger partial charge in [-0.1, -0.05) is 20.8 Å². The van der Waals surface area contributed by atoms with Gasteiger partial charge in [-0.3, -0.25) is 4.79 Å². The first kappa shape index (κ1) is 12.5. The standard InChI is InChI=1S/C12H23NO2/c1-11(2,3)10(14)13-9-6-5-7-12(4,15)8-9/h9,15H,5-8H2,1-4H3,(H,13,14)/t9-,12-/m1/s1. The van der Waals surface area contributed by atoms with E-state index >= 15 is 0 Å². The summed E-state index contributed by atoms with van der Waals surface area (Å²) in [4.78, 5) is 11.8. The molecule has 0 heterocycles. The second-order valence-electron chi connectivity index (χ2n) is 6.01. The Morgan fingerprint density at radius 3 is 2.53 bits per heavy atom. The quantitative estimate of drug-likeness (QED) is 0.698. The average Bonchev–Trinajstić information content (AvgIpc) is 2.00. The van der Waals surface area contributed by atoms with E-state index in [4.69, 9.17) is 0 Å². The molecule has 3 heteroatoms. The van der Waals surface area contributed by atoms with E-state index < -0.39 is 5.60 Å². The van der Waals surface area contributed by atoms with Crippen molar-refractivity contribution in [1.29, 1.82) is 0 Å². The van der Waals surface area contributed by atoms with Crippen molar-refractivity contribution >= 4 is 5.91 Å². The molecule has 0 bridgehead atoms. The highest BCUT2D eigenvalue weighted by Crippen LogP contribution is 2.28. The average molecular weight is 213 g/mol. The minimum atomic E-state index is -0.603. The summed E-state index contributed by atoms with van der Waals surface area (Å²) in [6.45, 7) is 7.57. The van der Waals surface area contributed by atoms with Crippen LogP contribution in [0.25, 0.3) is 0 Å². The van der Waals surface area contributed by atoms with E-state index in [-0.39, 0.29) is 17.4 Å². The van der Waals surface area contributed by atoms with E-state index in [1.54, 1.807) is 0 Å². The Morgan fingerprint density at radius 1 is 1.47 bits per heavy atom.